The zero-order valence-corrected chi connectivity index (χ0v) is 7.80. The summed E-state index contributed by atoms with van der Waals surface area (Å²) in [5, 5.41) is 0. The van der Waals surface area contributed by atoms with Crippen molar-refractivity contribution in [3.63, 3.8) is 0 Å². The summed E-state index contributed by atoms with van der Waals surface area (Å²) in [4.78, 5) is 0. The van der Waals surface area contributed by atoms with E-state index >= 15 is 0 Å². The van der Waals surface area contributed by atoms with E-state index in [4.69, 9.17) is 8.76 Å². The molecule has 0 spiro atoms. The van der Waals surface area contributed by atoms with Crippen LogP contribution >= 0.6 is 0 Å². The molecule has 0 rings (SSSR count). The second-order valence-corrected chi connectivity index (χ2v) is 1.61. The molecule has 0 aromatic rings. The molecule has 44 valence electrons. The summed E-state index contributed by atoms with van der Waals surface area (Å²) in [6.07, 6.45) is 0. The Morgan fingerprint density at radius 2 is 1.50 bits per heavy atom. The first kappa shape index (κ1) is 12.2. The first-order chi connectivity index (χ1) is 2.94. The summed E-state index contributed by atoms with van der Waals surface area (Å²) in [6.45, 7) is 0. The molecule has 7 heteroatoms. The molecule has 1 atom stereocenters. The fourth-order valence-electron chi connectivity index (χ4n) is 0. The molecule has 1 unspecified atom stereocenters. The van der Waals surface area contributed by atoms with Crippen LogP contribution in [0, 0.1) is 0 Å². The Morgan fingerprint density at radius 3 is 1.50 bits per heavy atom. The van der Waals surface area contributed by atoms with Crippen LogP contribution in [0.3, 0.4) is 0 Å². The minimum Gasteiger partial charge on any atom is -0.766 e. The van der Waals surface area contributed by atoms with Gasteiger partial charge in [0.15, 0.2) is 0 Å². The van der Waals surface area contributed by atoms with Crippen LogP contribution in [0.4, 0.5) is 13.2 Å². The Hall–Kier alpha value is 1.54. The van der Waals surface area contributed by atoms with Gasteiger partial charge >= 0.3 is 56.9 Å². The van der Waals surface area contributed by atoms with Gasteiger partial charge in [-0.25, -0.2) is 0 Å². The first-order valence-corrected chi connectivity index (χ1v) is 2.18. The van der Waals surface area contributed by atoms with E-state index in [1.807, 2.05) is 0 Å². The standard InChI is InChI=1S/CHF3O2S.K/c2-1(3,4)7(5)6;/h(H,5,6);/q;+1/p-1. The van der Waals surface area contributed by atoms with E-state index in [1.54, 1.807) is 0 Å². The minimum absolute atomic E-state index is 0. The average molecular weight is 172 g/mol. The summed E-state index contributed by atoms with van der Waals surface area (Å²) in [5.41, 5.74) is -5.08. The number of rotatable bonds is 0. The van der Waals surface area contributed by atoms with Gasteiger partial charge in [-0.05, 0) is 0 Å². The Balaban J connectivity index is 0. The summed E-state index contributed by atoms with van der Waals surface area (Å²) < 4.78 is 49.5. The molecular weight excluding hydrogens is 172 g/mol. The molecule has 0 radical (unpaired) electrons. The normalized spacial score (nSPS) is 14.5. The summed E-state index contributed by atoms with van der Waals surface area (Å²) >= 11 is -3.93. The Bertz CT molecular complexity index is 89.8. The second-order valence-electron chi connectivity index (χ2n) is 0.680. The topological polar surface area (TPSA) is 40.1 Å². The largest absolute Gasteiger partial charge is 1.00 e. The first-order valence-electron chi connectivity index (χ1n) is 1.10. The molecule has 0 saturated carbocycles. The van der Waals surface area contributed by atoms with E-state index in [2.05, 4.69) is 0 Å². The van der Waals surface area contributed by atoms with Crippen molar-refractivity contribution < 1.29 is 73.3 Å². The molecule has 0 saturated heterocycles. The summed E-state index contributed by atoms with van der Waals surface area (Å²) in [5.74, 6) is 0. The zero-order chi connectivity index (χ0) is 6.08. The Kier molecular flexibility index (Phi) is 6.68. The predicted octanol–water partition coefficient (Wildman–Crippen LogP) is -2.61. The van der Waals surface area contributed by atoms with E-state index in [0.29, 0.717) is 0 Å². The molecule has 0 aliphatic heterocycles. The monoisotopic (exact) mass is 172 g/mol. The molecule has 0 fully saturated rings. The maximum absolute atomic E-state index is 10.6. The van der Waals surface area contributed by atoms with Gasteiger partial charge in [0.05, 0.1) is 11.1 Å². The maximum atomic E-state index is 10.6. The molecule has 2 nitrogen and oxygen atoms in total. The minimum atomic E-state index is -5.08. The number of alkyl halides is 3. The third kappa shape index (κ3) is 5.67. The molecule has 0 aromatic carbocycles. The smallest absolute Gasteiger partial charge is 0.766 e. The quantitative estimate of drug-likeness (QED) is 0.297. The van der Waals surface area contributed by atoms with Crippen molar-refractivity contribution >= 4 is 11.1 Å². The number of hydrogen-bond donors (Lipinski definition) is 0. The average Bonchev–Trinajstić information content (AvgIpc) is 1.31. The molecule has 0 aromatic heterocycles. The van der Waals surface area contributed by atoms with Crippen LogP contribution in [0.15, 0.2) is 0 Å². The van der Waals surface area contributed by atoms with Gasteiger partial charge < -0.3 is 4.55 Å². The Labute approximate surface area is 88.5 Å². The predicted molar refractivity (Wildman–Crippen MR) is 15.0 cm³/mol. The molecule has 0 heterocycles. The fourth-order valence-corrected chi connectivity index (χ4v) is 0. The van der Waals surface area contributed by atoms with Crippen LogP contribution in [0.25, 0.3) is 0 Å². The Morgan fingerprint density at radius 1 is 1.38 bits per heavy atom. The van der Waals surface area contributed by atoms with Gasteiger partial charge in [-0.1, -0.05) is 0 Å². The summed E-state index contributed by atoms with van der Waals surface area (Å²) in [7, 11) is 0. The van der Waals surface area contributed by atoms with Gasteiger partial charge in [-0.15, -0.1) is 0 Å². The van der Waals surface area contributed by atoms with Gasteiger partial charge in [-0.3, -0.25) is 4.21 Å². The fraction of sp³-hybridized carbons (Fsp3) is 1.00. The molecule has 0 bridgehead atoms. The third-order valence-corrected chi connectivity index (χ3v) is 0.567. The maximum Gasteiger partial charge on any atom is 1.00 e. The van der Waals surface area contributed by atoms with Crippen molar-refractivity contribution in [2.24, 2.45) is 0 Å². The molecule has 8 heavy (non-hydrogen) atoms. The molecule has 0 aliphatic rings. The van der Waals surface area contributed by atoms with Crippen molar-refractivity contribution in [2.75, 3.05) is 0 Å². The van der Waals surface area contributed by atoms with E-state index < -0.39 is 16.6 Å². The van der Waals surface area contributed by atoms with Crippen LogP contribution in [-0.4, -0.2) is 14.3 Å². The van der Waals surface area contributed by atoms with E-state index in [9.17, 15) is 13.2 Å². The number of halogens is 3. The van der Waals surface area contributed by atoms with Crippen molar-refractivity contribution in [1.82, 2.24) is 0 Å². The van der Waals surface area contributed by atoms with Gasteiger partial charge in [0.25, 0.3) is 0 Å². The number of hydrogen-bond acceptors (Lipinski definition) is 2. The van der Waals surface area contributed by atoms with Crippen molar-refractivity contribution in [1.29, 1.82) is 0 Å². The van der Waals surface area contributed by atoms with Gasteiger partial charge in [0.1, 0.15) is 0 Å². The van der Waals surface area contributed by atoms with E-state index in [-0.39, 0.29) is 51.4 Å². The molecule has 0 aliphatic carbocycles. The van der Waals surface area contributed by atoms with Crippen LogP contribution < -0.4 is 51.4 Å². The van der Waals surface area contributed by atoms with E-state index in [1.165, 1.54) is 0 Å². The second kappa shape index (κ2) is 4.37. The van der Waals surface area contributed by atoms with Gasteiger partial charge in [-0.2, -0.15) is 13.2 Å². The van der Waals surface area contributed by atoms with Gasteiger partial charge in [0, 0.05) is 0 Å². The van der Waals surface area contributed by atoms with Crippen molar-refractivity contribution in [3.05, 3.63) is 0 Å². The molecule has 0 N–H and O–H groups in total. The van der Waals surface area contributed by atoms with Crippen LogP contribution in [0.2, 0.25) is 0 Å². The zero-order valence-electron chi connectivity index (χ0n) is 3.86. The van der Waals surface area contributed by atoms with Gasteiger partial charge in [0.2, 0.25) is 0 Å². The molecular formula is CF3KO2S. The van der Waals surface area contributed by atoms with Crippen LogP contribution in [0.1, 0.15) is 0 Å². The SMILES string of the molecule is O=S([O-])C(F)(F)F.[K+]. The third-order valence-electron chi connectivity index (χ3n) is 0.189. The van der Waals surface area contributed by atoms with Crippen molar-refractivity contribution in [3.8, 4) is 0 Å². The van der Waals surface area contributed by atoms with Crippen molar-refractivity contribution in [2.45, 2.75) is 5.51 Å². The van der Waals surface area contributed by atoms with Crippen LogP contribution in [0.5, 0.6) is 0 Å². The summed E-state index contributed by atoms with van der Waals surface area (Å²) in [6, 6.07) is 0. The van der Waals surface area contributed by atoms with E-state index in [0.717, 1.165) is 0 Å². The van der Waals surface area contributed by atoms with Crippen LogP contribution in [-0.2, 0) is 11.1 Å². The molecule has 0 amide bonds.